The molecular formula is C21H21N3OS. The Balaban J connectivity index is 1.41. The van der Waals surface area contributed by atoms with Crippen LogP contribution in [0.15, 0.2) is 66.2 Å². The largest absolute Gasteiger partial charge is 0.335 e. The van der Waals surface area contributed by atoms with Gasteiger partial charge in [-0.2, -0.15) is 0 Å². The molecule has 2 aromatic heterocycles. The van der Waals surface area contributed by atoms with E-state index in [1.54, 1.807) is 0 Å². The number of pyridine rings is 1. The van der Waals surface area contributed by atoms with Crippen molar-refractivity contribution in [3.8, 4) is 11.1 Å². The van der Waals surface area contributed by atoms with Gasteiger partial charge in [-0.1, -0.05) is 36.4 Å². The third kappa shape index (κ3) is 3.69. The summed E-state index contributed by atoms with van der Waals surface area (Å²) in [5.41, 5.74) is 3.22. The Morgan fingerprint density at radius 1 is 0.962 bits per heavy atom. The lowest BCUT2D eigenvalue weighted by Crippen LogP contribution is -2.48. The first kappa shape index (κ1) is 16.9. The molecule has 0 N–H and O–H groups in total. The number of piperazine rings is 1. The van der Waals surface area contributed by atoms with Gasteiger partial charge in [0.2, 0.25) is 0 Å². The lowest BCUT2D eigenvalue weighted by atomic mass is 10.1. The second-order valence-corrected chi connectivity index (χ2v) is 7.33. The minimum Gasteiger partial charge on any atom is -0.335 e. The standard InChI is InChI=1S/C21H21N3OS/c25-21(20-19(9-15-26-20)17-6-2-1-3-7-17)24-13-11-23(12-14-24)16-18-8-4-5-10-22-18/h1-10,15H,11-14,16H2. The summed E-state index contributed by atoms with van der Waals surface area (Å²) in [7, 11) is 0. The van der Waals surface area contributed by atoms with E-state index in [1.807, 2.05) is 52.9 Å². The van der Waals surface area contributed by atoms with E-state index in [-0.39, 0.29) is 5.91 Å². The van der Waals surface area contributed by atoms with Crippen molar-refractivity contribution in [3.63, 3.8) is 0 Å². The Hall–Kier alpha value is -2.50. The zero-order valence-electron chi connectivity index (χ0n) is 14.5. The molecule has 1 amide bonds. The van der Waals surface area contributed by atoms with Crippen LogP contribution < -0.4 is 0 Å². The molecule has 0 spiro atoms. The van der Waals surface area contributed by atoms with Gasteiger partial charge in [-0.05, 0) is 29.1 Å². The van der Waals surface area contributed by atoms with Crippen molar-refractivity contribution in [2.24, 2.45) is 0 Å². The summed E-state index contributed by atoms with van der Waals surface area (Å²) < 4.78 is 0. The van der Waals surface area contributed by atoms with Crippen LogP contribution in [0.5, 0.6) is 0 Å². The third-order valence-electron chi connectivity index (χ3n) is 4.72. The molecule has 1 saturated heterocycles. The Morgan fingerprint density at radius 2 is 1.73 bits per heavy atom. The lowest BCUT2D eigenvalue weighted by molar-refractivity contribution is 0.0632. The van der Waals surface area contributed by atoms with Crippen LogP contribution in [0.4, 0.5) is 0 Å². The first-order valence-corrected chi connectivity index (χ1v) is 9.74. The molecule has 132 valence electrons. The second kappa shape index (κ2) is 7.81. The van der Waals surface area contributed by atoms with Gasteiger partial charge in [-0.15, -0.1) is 11.3 Å². The monoisotopic (exact) mass is 363 g/mol. The molecule has 3 aromatic rings. The number of hydrogen-bond donors (Lipinski definition) is 0. The van der Waals surface area contributed by atoms with E-state index in [2.05, 4.69) is 28.1 Å². The molecule has 1 fully saturated rings. The number of amides is 1. The quantitative estimate of drug-likeness (QED) is 0.708. The van der Waals surface area contributed by atoms with Gasteiger partial charge in [0.15, 0.2) is 0 Å². The van der Waals surface area contributed by atoms with Crippen LogP contribution in [0, 0.1) is 0 Å². The molecule has 0 aliphatic carbocycles. The Bertz CT molecular complexity index is 855. The SMILES string of the molecule is O=C(c1sccc1-c1ccccc1)N1CCN(Cc2ccccn2)CC1. The van der Waals surface area contributed by atoms with E-state index in [9.17, 15) is 4.79 Å². The van der Waals surface area contributed by atoms with Crippen LogP contribution in [0.25, 0.3) is 11.1 Å². The normalized spacial score (nSPS) is 15.2. The van der Waals surface area contributed by atoms with E-state index < -0.39 is 0 Å². The zero-order chi connectivity index (χ0) is 17.8. The number of nitrogens with zero attached hydrogens (tertiary/aromatic N) is 3. The van der Waals surface area contributed by atoms with Gasteiger partial charge >= 0.3 is 0 Å². The predicted molar refractivity (Wildman–Crippen MR) is 105 cm³/mol. The van der Waals surface area contributed by atoms with Crippen molar-refractivity contribution in [1.82, 2.24) is 14.8 Å². The maximum Gasteiger partial charge on any atom is 0.264 e. The fourth-order valence-electron chi connectivity index (χ4n) is 3.29. The fourth-order valence-corrected chi connectivity index (χ4v) is 4.18. The highest BCUT2D eigenvalue weighted by atomic mass is 32.1. The second-order valence-electron chi connectivity index (χ2n) is 6.42. The molecule has 3 heterocycles. The molecule has 0 unspecified atom stereocenters. The van der Waals surface area contributed by atoms with Gasteiger partial charge in [0.1, 0.15) is 0 Å². The van der Waals surface area contributed by atoms with Gasteiger partial charge in [0.25, 0.3) is 5.91 Å². The minimum atomic E-state index is 0.149. The smallest absolute Gasteiger partial charge is 0.264 e. The molecule has 5 heteroatoms. The summed E-state index contributed by atoms with van der Waals surface area (Å²) in [5.74, 6) is 0.149. The summed E-state index contributed by atoms with van der Waals surface area (Å²) in [4.78, 5) is 22.6. The highest BCUT2D eigenvalue weighted by Crippen LogP contribution is 2.29. The highest BCUT2D eigenvalue weighted by molar-refractivity contribution is 7.12. The number of carbonyl (C=O) groups is 1. The summed E-state index contributed by atoms with van der Waals surface area (Å²) >= 11 is 1.53. The van der Waals surface area contributed by atoms with Gasteiger partial charge in [-0.3, -0.25) is 14.7 Å². The van der Waals surface area contributed by atoms with E-state index in [0.717, 1.165) is 54.4 Å². The lowest BCUT2D eigenvalue weighted by Gasteiger charge is -2.34. The van der Waals surface area contributed by atoms with Crippen LogP contribution in [-0.2, 0) is 6.54 Å². The maximum atomic E-state index is 13.0. The van der Waals surface area contributed by atoms with Crippen LogP contribution in [0.3, 0.4) is 0 Å². The molecule has 0 radical (unpaired) electrons. The average molecular weight is 363 g/mol. The van der Waals surface area contributed by atoms with Crippen LogP contribution >= 0.6 is 11.3 Å². The van der Waals surface area contributed by atoms with Gasteiger partial charge in [0, 0.05) is 44.5 Å². The summed E-state index contributed by atoms with van der Waals surface area (Å²) in [5, 5.41) is 2.01. The molecule has 26 heavy (non-hydrogen) atoms. The van der Waals surface area contributed by atoms with Crippen molar-refractivity contribution < 1.29 is 4.79 Å². The van der Waals surface area contributed by atoms with Gasteiger partial charge < -0.3 is 4.90 Å². The van der Waals surface area contributed by atoms with Crippen molar-refractivity contribution >= 4 is 17.2 Å². The Morgan fingerprint density at radius 3 is 2.46 bits per heavy atom. The molecule has 0 atom stereocenters. The van der Waals surface area contributed by atoms with Gasteiger partial charge in [0.05, 0.1) is 10.6 Å². The van der Waals surface area contributed by atoms with Crippen LogP contribution in [0.2, 0.25) is 0 Å². The fraction of sp³-hybridized carbons (Fsp3) is 0.238. The molecule has 0 saturated carbocycles. The highest BCUT2D eigenvalue weighted by Gasteiger charge is 2.25. The molecule has 1 aromatic carbocycles. The summed E-state index contributed by atoms with van der Waals surface area (Å²) in [6.07, 6.45) is 1.83. The number of benzene rings is 1. The predicted octanol–water partition coefficient (Wildman–Crippen LogP) is 3.77. The van der Waals surface area contributed by atoms with E-state index in [4.69, 9.17) is 0 Å². The van der Waals surface area contributed by atoms with E-state index >= 15 is 0 Å². The minimum absolute atomic E-state index is 0.149. The molecule has 0 bridgehead atoms. The van der Waals surface area contributed by atoms with Crippen molar-refractivity contribution in [3.05, 3.63) is 76.7 Å². The van der Waals surface area contributed by atoms with E-state index in [1.165, 1.54) is 11.3 Å². The van der Waals surface area contributed by atoms with Gasteiger partial charge in [-0.25, -0.2) is 0 Å². The van der Waals surface area contributed by atoms with Crippen molar-refractivity contribution in [1.29, 1.82) is 0 Å². The Labute approximate surface area is 157 Å². The first-order valence-electron chi connectivity index (χ1n) is 8.86. The van der Waals surface area contributed by atoms with Crippen molar-refractivity contribution in [2.75, 3.05) is 26.2 Å². The van der Waals surface area contributed by atoms with E-state index in [0.29, 0.717) is 0 Å². The number of aromatic nitrogens is 1. The topological polar surface area (TPSA) is 36.4 Å². The number of carbonyl (C=O) groups excluding carboxylic acids is 1. The third-order valence-corrected chi connectivity index (χ3v) is 5.62. The first-order chi connectivity index (χ1) is 12.8. The number of hydrogen-bond acceptors (Lipinski definition) is 4. The summed E-state index contributed by atoms with van der Waals surface area (Å²) in [6, 6.07) is 18.2. The van der Waals surface area contributed by atoms with Crippen LogP contribution in [-0.4, -0.2) is 46.9 Å². The number of rotatable bonds is 4. The molecule has 1 aliphatic heterocycles. The van der Waals surface area contributed by atoms with Crippen LogP contribution in [0.1, 0.15) is 15.4 Å². The number of thiophene rings is 1. The molecule has 4 rings (SSSR count). The zero-order valence-corrected chi connectivity index (χ0v) is 15.4. The average Bonchev–Trinajstić information content (AvgIpc) is 3.19. The Kier molecular flexibility index (Phi) is 5.09. The summed E-state index contributed by atoms with van der Waals surface area (Å²) in [6.45, 7) is 4.13. The molecular weight excluding hydrogens is 342 g/mol. The van der Waals surface area contributed by atoms with Crippen molar-refractivity contribution in [2.45, 2.75) is 6.54 Å². The molecule has 4 nitrogen and oxygen atoms in total. The molecule has 1 aliphatic rings. The maximum absolute atomic E-state index is 13.0.